The maximum absolute atomic E-state index is 11.0. The zero-order valence-electron chi connectivity index (χ0n) is 10.5. The summed E-state index contributed by atoms with van der Waals surface area (Å²) in [5, 5.41) is 0. The third kappa shape index (κ3) is 2.75. The van der Waals surface area contributed by atoms with E-state index in [0.717, 1.165) is 23.0 Å². The van der Waals surface area contributed by atoms with Crippen LogP contribution < -0.4 is 0 Å². The van der Waals surface area contributed by atoms with E-state index in [1.54, 1.807) is 0 Å². The molecule has 0 aliphatic carbocycles. The summed E-state index contributed by atoms with van der Waals surface area (Å²) in [6.07, 6.45) is 0.874. The molecule has 0 N–H and O–H groups in total. The first kappa shape index (κ1) is 14.3. The van der Waals surface area contributed by atoms with Crippen LogP contribution in [0.1, 0.15) is 27.0 Å². The Hall–Kier alpha value is -1.72. The van der Waals surface area contributed by atoms with Crippen LogP contribution in [0, 0.1) is 6.92 Å². The quantitative estimate of drug-likeness (QED) is 0.600. The summed E-state index contributed by atoms with van der Waals surface area (Å²) in [4.78, 5) is 11.0. The van der Waals surface area contributed by atoms with Gasteiger partial charge in [0.15, 0.2) is 6.29 Å². The molecular formula is C16H17OP. The first-order valence-electron chi connectivity index (χ1n) is 5.53. The fraction of sp³-hybridized carbons (Fsp3) is 0.0625. The highest BCUT2D eigenvalue weighted by Crippen LogP contribution is 2.26. The molecule has 1 nitrogen and oxygen atoms in total. The largest absolute Gasteiger partial charge is 0.298 e. The Morgan fingerprint density at radius 1 is 1.00 bits per heavy atom. The second kappa shape index (κ2) is 6.28. The minimum absolute atomic E-state index is 0. The van der Waals surface area contributed by atoms with Gasteiger partial charge < -0.3 is 0 Å². The molecule has 0 radical (unpaired) electrons. The Kier molecular flexibility index (Phi) is 5.00. The number of rotatable bonds is 3. The Labute approximate surface area is 111 Å². The second-order valence-electron chi connectivity index (χ2n) is 4.00. The van der Waals surface area contributed by atoms with Crippen LogP contribution in [0.25, 0.3) is 5.57 Å². The second-order valence-corrected chi connectivity index (χ2v) is 4.00. The lowest BCUT2D eigenvalue weighted by Gasteiger charge is -2.11. The van der Waals surface area contributed by atoms with Crippen molar-refractivity contribution in [3.05, 3.63) is 77.4 Å². The molecule has 0 aromatic heterocycles. The zero-order valence-corrected chi connectivity index (χ0v) is 11.9. The highest BCUT2D eigenvalue weighted by molar-refractivity contribution is 6.92. The van der Waals surface area contributed by atoms with Gasteiger partial charge in [0.25, 0.3) is 0 Å². The van der Waals surface area contributed by atoms with Gasteiger partial charge in [-0.2, -0.15) is 9.90 Å². The lowest BCUT2D eigenvalue weighted by molar-refractivity contribution is 0.112. The Morgan fingerprint density at radius 3 is 2.17 bits per heavy atom. The number of carbonyl (C=O) groups is 1. The third-order valence-electron chi connectivity index (χ3n) is 2.88. The van der Waals surface area contributed by atoms with Crippen molar-refractivity contribution in [1.82, 2.24) is 0 Å². The van der Waals surface area contributed by atoms with Crippen LogP contribution >= 0.6 is 9.90 Å². The lowest BCUT2D eigenvalue weighted by atomic mass is 9.93. The van der Waals surface area contributed by atoms with Gasteiger partial charge in [-0.1, -0.05) is 55.1 Å². The minimum atomic E-state index is 0. The Morgan fingerprint density at radius 2 is 1.56 bits per heavy atom. The first-order chi connectivity index (χ1) is 8.24. The summed E-state index contributed by atoms with van der Waals surface area (Å²) >= 11 is 0. The molecule has 0 spiro atoms. The number of benzene rings is 2. The maximum Gasteiger partial charge on any atom is 0.150 e. The minimum Gasteiger partial charge on any atom is -0.298 e. The fourth-order valence-corrected chi connectivity index (χ4v) is 1.93. The molecule has 0 bridgehead atoms. The van der Waals surface area contributed by atoms with Gasteiger partial charge in [0.2, 0.25) is 0 Å². The molecular weight excluding hydrogens is 239 g/mol. The molecule has 0 amide bonds. The summed E-state index contributed by atoms with van der Waals surface area (Å²) in [5.41, 5.74) is 4.73. The summed E-state index contributed by atoms with van der Waals surface area (Å²) in [6, 6.07) is 15.6. The van der Waals surface area contributed by atoms with Crippen LogP contribution in [-0.2, 0) is 0 Å². The molecule has 0 saturated heterocycles. The van der Waals surface area contributed by atoms with Crippen LogP contribution in [0.4, 0.5) is 0 Å². The zero-order chi connectivity index (χ0) is 12.3. The summed E-state index contributed by atoms with van der Waals surface area (Å²) < 4.78 is 0. The van der Waals surface area contributed by atoms with Crippen molar-refractivity contribution in [2.45, 2.75) is 6.92 Å². The molecule has 1 unspecified atom stereocenters. The van der Waals surface area contributed by atoms with E-state index in [-0.39, 0.29) is 9.90 Å². The predicted octanol–water partition coefficient (Wildman–Crippen LogP) is 3.93. The van der Waals surface area contributed by atoms with Crippen LogP contribution in [0.3, 0.4) is 0 Å². The molecule has 0 saturated carbocycles. The molecule has 0 heterocycles. The third-order valence-corrected chi connectivity index (χ3v) is 2.88. The SMILES string of the molecule is C=C(c1ccccc1C)c1ccccc1C=O.P. The molecule has 2 aromatic carbocycles. The molecule has 18 heavy (non-hydrogen) atoms. The van der Waals surface area contributed by atoms with E-state index in [0.29, 0.717) is 5.56 Å². The van der Waals surface area contributed by atoms with Gasteiger partial charge in [0, 0.05) is 5.56 Å². The monoisotopic (exact) mass is 256 g/mol. The fourth-order valence-electron chi connectivity index (χ4n) is 1.93. The van der Waals surface area contributed by atoms with Gasteiger partial charge in [-0.25, -0.2) is 0 Å². The molecule has 2 heteroatoms. The highest BCUT2D eigenvalue weighted by Gasteiger charge is 2.08. The van der Waals surface area contributed by atoms with Crippen LogP contribution in [0.15, 0.2) is 55.1 Å². The number of aldehydes is 1. The number of hydrogen-bond acceptors (Lipinski definition) is 1. The highest BCUT2D eigenvalue weighted by atomic mass is 31.0. The first-order valence-corrected chi connectivity index (χ1v) is 5.53. The van der Waals surface area contributed by atoms with Crippen molar-refractivity contribution in [2.24, 2.45) is 0 Å². The van der Waals surface area contributed by atoms with Gasteiger partial charge in [-0.05, 0) is 29.2 Å². The van der Waals surface area contributed by atoms with E-state index in [4.69, 9.17) is 0 Å². The standard InChI is InChI=1S/C16H14O.H3P/c1-12-7-3-5-9-15(12)13(2)16-10-6-4-8-14(16)11-17;/h3-11H,2H2,1H3;1H3. The molecule has 0 fully saturated rings. The molecule has 2 rings (SSSR count). The predicted molar refractivity (Wildman–Crippen MR) is 82.2 cm³/mol. The van der Waals surface area contributed by atoms with E-state index >= 15 is 0 Å². The maximum atomic E-state index is 11.0. The summed E-state index contributed by atoms with van der Waals surface area (Å²) in [7, 11) is 0. The van der Waals surface area contributed by atoms with E-state index in [2.05, 4.69) is 6.58 Å². The molecule has 0 aliphatic rings. The van der Waals surface area contributed by atoms with E-state index in [1.807, 2.05) is 55.5 Å². The van der Waals surface area contributed by atoms with Crippen molar-refractivity contribution in [3.8, 4) is 0 Å². The van der Waals surface area contributed by atoms with Crippen molar-refractivity contribution >= 4 is 21.8 Å². The average molecular weight is 256 g/mol. The molecule has 0 aliphatic heterocycles. The number of aryl methyl sites for hydroxylation is 1. The van der Waals surface area contributed by atoms with E-state index in [9.17, 15) is 4.79 Å². The normalized spacial score (nSPS) is 9.39. The van der Waals surface area contributed by atoms with Crippen molar-refractivity contribution in [2.75, 3.05) is 0 Å². The summed E-state index contributed by atoms with van der Waals surface area (Å²) in [5.74, 6) is 0. The Balaban J connectivity index is 0.00000162. The average Bonchev–Trinajstić information content (AvgIpc) is 2.38. The van der Waals surface area contributed by atoms with Gasteiger partial charge in [-0.15, -0.1) is 0 Å². The van der Waals surface area contributed by atoms with E-state index < -0.39 is 0 Å². The van der Waals surface area contributed by atoms with Crippen molar-refractivity contribution < 1.29 is 4.79 Å². The molecule has 2 aromatic rings. The number of hydrogen-bond donors (Lipinski definition) is 0. The smallest absolute Gasteiger partial charge is 0.150 e. The van der Waals surface area contributed by atoms with Gasteiger partial charge in [0.05, 0.1) is 0 Å². The van der Waals surface area contributed by atoms with Crippen LogP contribution in [0.2, 0.25) is 0 Å². The van der Waals surface area contributed by atoms with Crippen molar-refractivity contribution in [1.29, 1.82) is 0 Å². The van der Waals surface area contributed by atoms with Crippen LogP contribution in [0.5, 0.6) is 0 Å². The summed E-state index contributed by atoms with van der Waals surface area (Å²) in [6.45, 7) is 6.15. The molecule has 1 atom stereocenters. The number of carbonyl (C=O) groups excluding carboxylic acids is 1. The van der Waals surface area contributed by atoms with Crippen LogP contribution in [-0.4, -0.2) is 6.29 Å². The van der Waals surface area contributed by atoms with E-state index in [1.165, 1.54) is 5.56 Å². The lowest BCUT2D eigenvalue weighted by Crippen LogP contribution is -1.94. The van der Waals surface area contributed by atoms with Crippen molar-refractivity contribution in [3.63, 3.8) is 0 Å². The van der Waals surface area contributed by atoms with Gasteiger partial charge in [0.1, 0.15) is 0 Å². The Bertz CT molecular complexity index is 573. The molecule has 92 valence electrons. The van der Waals surface area contributed by atoms with Gasteiger partial charge >= 0.3 is 0 Å². The topological polar surface area (TPSA) is 17.1 Å². The van der Waals surface area contributed by atoms with Gasteiger partial charge in [-0.3, -0.25) is 4.79 Å².